The van der Waals surface area contributed by atoms with E-state index in [2.05, 4.69) is 15.9 Å². The van der Waals surface area contributed by atoms with Crippen molar-refractivity contribution >= 4 is 21.8 Å². The van der Waals surface area contributed by atoms with Gasteiger partial charge in [0.25, 0.3) is 0 Å². The van der Waals surface area contributed by atoms with Crippen molar-refractivity contribution in [1.29, 1.82) is 5.26 Å². The first-order chi connectivity index (χ1) is 5.13. The maximum atomic E-state index is 11.0. The Kier molecular flexibility index (Phi) is 4.88. The van der Waals surface area contributed by atoms with Gasteiger partial charge in [-0.25, -0.2) is 0 Å². The van der Waals surface area contributed by atoms with Gasteiger partial charge in [0, 0.05) is 13.1 Å². The third kappa shape index (κ3) is 3.38. The van der Waals surface area contributed by atoms with Crippen LogP contribution in [0, 0.1) is 11.3 Å². The van der Waals surface area contributed by atoms with Crippen LogP contribution in [0.1, 0.15) is 13.3 Å². The van der Waals surface area contributed by atoms with E-state index < -0.39 is 0 Å². The van der Waals surface area contributed by atoms with Gasteiger partial charge in [0.05, 0.1) is 17.8 Å². The van der Waals surface area contributed by atoms with E-state index in [0.717, 1.165) is 0 Å². The highest BCUT2D eigenvalue weighted by Crippen LogP contribution is 2.01. The monoisotopic (exact) mass is 218 g/mol. The van der Waals surface area contributed by atoms with Crippen LogP contribution in [0.3, 0.4) is 0 Å². The van der Waals surface area contributed by atoms with Crippen LogP contribution in [0.25, 0.3) is 0 Å². The summed E-state index contributed by atoms with van der Waals surface area (Å²) in [5.41, 5.74) is 0. The third-order valence-electron chi connectivity index (χ3n) is 1.56. The zero-order chi connectivity index (χ0) is 8.85. The summed E-state index contributed by atoms with van der Waals surface area (Å²) in [6.07, 6.45) is 0.384. The van der Waals surface area contributed by atoms with Gasteiger partial charge < -0.3 is 4.90 Å². The minimum Gasteiger partial charge on any atom is -0.341 e. The number of carbonyl (C=O) groups excluding carboxylic acids is 1. The van der Waals surface area contributed by atoms with E-state index in [9.17, 15) is 4.79 Å². The lowest BCUT2D eigenvalue weighted by molar-refractivity contribution is -0.128. The van der Waals surface area contributed by atoms with Gasteiger partial charge in [-0.1, -0.05) is 15.9 Å². The maximum Gasteiger partial charge on any atom is 0.233 e. The van der Waals surface area contributed by atoms with Gasteiger partial charge in [0.2, 0.25) is 5.91 Å². The number of alkyl halides is 1. The van der Waals surface area contributed by atoms with E-state index in [-0.39, 0.29) is 11.9 Å². The van der Waals surface area contributed by atoms with Crippen molar-refractivity contribution in [2.45, 2.75) is 19.4 Å². The molecule has 0 spiro atoms. The Bertz CT molecular complexity index is 176. The molecule has 3 nitrogen and oxygen atoms in total. The van der Waals surface area contributed by atoms with Gasteiger partial charge in [-0.2, -0.15) is 5.26 Å². The van der Waals surface area contributed by atoms with Crippen LogP contribution in [0.5, 0.6) is 0 Å². The van der Waals surface area contributed by atoms with Crippen LogP contribution < -0.4 is 0 Å². The van der Waals surface area contributed by atoms with E-state index in [1.165, 1.54) is 0 Å². The first kappa shape index (κ1) is 10.4. The molecule has 0 aromatic heterocycles. The number of hydrogen-bond acceptors (Lipinski definition) is 2. The summed E-state index contributed by atoms with van der Waals surface area (Å²) in [5, 5.41) is 8.66. The van der Waals surface area contributed by atoms with Crippen LogP contribution in [-0.2, 0) is 4.79 Å². The second-order valence-electron chi connectivity index (χ2n) is 2.35. The lowest BCUT2D eigenvalue weighted by Crippen LogP contribution is -2.35. The fraction of sp³-hybridized carbons (Fsp3) is 0.714. The molecule has 1 unspecified atom stereocenters. The molecule has 62 valence electrons. The fourth-order valence-electron chi connectivity index (χ4n) is 0.609. The van der Waals surface area contributed by atoms with Gasteiger partial charge in [-0.3, -0.25) is 4.79 Å². The molecule has 0 radical (unpaired) electrons. The first-order valence-corrected chi connectivity index (χ1v) is 4.44. The zero-order valence-electron chi connectivity index (χ0n) is 6.67. The van der Waals surface area contributed by atoms with Gasteiger partial charge in [0.1, 0.15) is 0 Å². The number of nitrogens with zero attached hydrogens (tertiary/aromatic N) is 2. The summed E-state index contributed by atoms with van der Waals surface area (Å²) in [6.45, 7) is 1.85. The Hall–Kier alpha value is -0.560. The summed E-state index contributed by atoms with van der Waals surface area (Å²) in [6, 6.07) is 2.02. The van der Waals surface area contributed by atoms with Crippen molar-refractivity contribution < 1.29 is 4.79 Å². The van der Waals surface area contributed by atoms with E-state index in [4.69, 9.17) is 5.26 Å². The van der Waals surface area contributed by atoms with Crippen molar-refractivity contribution in [1.82, 2.24) is 4.90 Å². The van der Waals surface area contributed by atoms with Crippen LogP contribution >= 0.6 is 15.9 Å². The smallest absolute Gasteiger partial charge is 0.233 e. The second kappa shape index (κ2) is 5.14. The predicted octanol–water partition coefficient (Wildman–Crippen LogP) is 1.14. The number of nitriles is 1. The molecule has 0 aliphatic carbocycles. The van der Waals surface area contributed by atoms with E-state index in [0.29, 0.717) is 11.8 Å². The average Bonchev–Trinajstić information content (AvgIpc) is 2.02. The summed E-state index contributed by atoms with van der Waals surface area (Å²) in [4.78, 5) is 12.6. The molecule has 0 fully saturated rings. The number of halogens is 1. The molecule has 0 heterocycles. The molecule has 0 saturated carbocycles. The number of rotatable bonds is 3. The molecular formula is C7H11BrN2O. The Morgan fingerprint density at radius 1 is 1.82 bits per heavy atom. The molecule has 0 bridgehead atoms. The third-order valence-corrected chi connectivity index (χ3v) is 2.04. The molecule has 0 aliphatic heterocycles. The molecular weight excluding hydrogens is 208 g/mol. The maximum absolute atomic E-state index is 11.0. The molecule has 11 heavy (non-hydrogen) atoms. The number of carbonyl (C=O) groups is 1. The Labute approximate surface area is 75.1 Å². The molecule has 0 saturated heterocycles. The highest BCUT2D eigenvalue weighted by molar-refractivity contribution is 9.09. The second-order valence-corrected chi connectivity index (χ2v) is 2.91. The minimum atomic E-state index is 0.00468. The van der Waals surface area contributed by atoms with E-state index >= 15 is 0 Å². The van der Waals surface area contributed by atoms with Crippen LogP contribution in [0.2, 0.25) is 0 Å². The summed E-state index contributed by atoms with van der Waals surface area (Å²) in [7, 11) is 1.70. The highest BCUT2D eigenvalue weighted by atomic mass is 79.9. The van der Waals surface area contributed by atoms with Gasteiger partial charge >= 0.3 is 0 Å². The lowest BCUT2D eigenvalue weighted by atomic mass is 10.2. The molecule has 0 N–H and O–H groups in total. The Balaban J connectivity index is 3.92. The SMILES string of the molecule is CC(CC#N)N(C)C(=O)CBr. The Morgan fingerprint density at radius 2 is 2.36 bits per heavy atom. The highest BCUT2D eigenvalue weighted by Gasteiger charge is 2.13. The van der Waals surface area contributed by atoms with Crippen molar-refractivity contribution in [3.8, 4) is 6.07 Å². The molecule has 0 aliphatic rings. The quantitative estimate of drug-likeness (QED) is 0.668. The number of amides is 1. The normalized spacial score (nSPS) is 11.8. The average molecular weight is 219 g/mol. The first-order valence-electron chi connectivity index (χ1n) is 3.32. The molecule has 0 aromatic carbocycles. The molecule has 0 aromatic rings. The summed E-state index contributed by atoms with van der Waals surface area (Å²) >= 11 is 3.06. The molecule has 1 amide bonds. The fourth-order valence-corrected chi connectivity index (χ4v) is 1.00. The van der Waals surface area contributed by atoms with Gasteiger partial charge in [-0.15, -0.1) is 0 Å². The zero-order valence-corrected chi connectivity index (χ0v) is 8.26. The van der Waals surface area contributed by atoms with Crippen molar-refractivity contribution in [2.75, 3.05) is 12.4 Å². The lowest BCUT2D eigenvalue weighted by Gasteiger charge is -2.21. The Morgan fingerprint density at radius 3 is 2.73 bits per heavy atom. The topological polar surface area (TPSA) is 44.1 Å². The van der Waals surface area contributed by atoms with Crippen molar-refractivity contribution in [3.05, 3.63) is 0 Å². The van der Waals surface area contributed by atoms with E-state index in [1.807, 2.05) is 13.0 Å². The summed E-state index contributed by atoms with van der Waals surface area (Å²) in [5.74, 6) is 0.00718. The molecule has 0 rings (SSSR count). The van der Waals surface area contributed by atoms with Crippen LogP contribution in [0.15, 0.2) is 0 Å². The van der Waals surface area contributed by atoms with Crippen LogP contribution in [0.4, 0.5) is 0 Å². The van der Waals surface area contributed by atoms with Crippen LogP contribution in [-0.4, -0.2) is 29.2 Å². The molecule has 4 heteroatoms. The van der Waals surface area contributed by atoms with Gasteiger partial charge in [0.15, 0.2) is 0 Å². The van der Waals surface area contributed by atoms with Crippen molar-refractivity contribution in [3.63, 3.8) is 0 Å². The minimum absolute atomic E-state index is 0.00468. The standard InChI is InChI=1S/C7H11BrN2O/c1-6(3-4-9)10(2)7(11)5-8/h6H,3,5H2,1-2H3. The van der Waals surface area contributed by atoms with Crippen molar-refractivity contribution in [2.24, 2.45) is 0 Å². The predicted molar refractivity (Wildman–Crippen MR) is 46.3 cm³/mol. The molecule has 1 atom stereocenters. The summed E-state index contributed by atoms with van der Waals surface area (Å²) < 4.78 is 0. The van der Waals surface area contributed by atoms with Gasteiger partial charge in [-0.05, 0) is 6.92 Å². The largest absolute Gasteiger partial charge is 0.341 e. The number of hydrogen-bond donors (Lipinski definition) is 0. The van der Waals surface area contributed by atoms with E-state index in [1.54, 1.807) is 11.9 Å².